The molecule has 0 N–H and O–H groups in total. The van der Waals surface area contributed by atoms with Crippen molar-refractivity contribution in [1.29, 1.82) is 0 Å². The Bertz CT molecular complexity index is 317. The number of rotatable bonds is 2. The van der Waals surface area contributed by atoms with Crippen molar-refractivity contribution in [1.82, 2.24) is 0 Å². The van der Waals surface area contributed by atoms with Crippen molar-refractivity contribution >= 4 is 29.4 Å². The van der Waals surface area contributed by atoms with Gasteiger partial charge in [0.05, 0.1) is 11.0 Å². The number of para-hydroxylation sites is 1. The van der Waals surface area contributed by atoms with Crippen LogP contribution in [-0.4, -0.2) is 5.97 Å². The predicted molar refractivity (Wildman–Crippen MR) is 42.3 cm³/mol. The Morgan fingerprint density at radius 2 is 2.08 bits per heavy atom. The maximum absolute atomic E-state index is 10.4. The van der Waals surface area contributed by atoms with Crippen molar-refractivity contribution in [3.8, 4) is 5.75 Å². The molecule has 0 saturated heterocycles. The molecule has 0 atom stereocenters. The van der Waals surface area contributed by atoms with Crippen molar-refractivity contribution in [3.05, 3.63) is 28.8 Å². The van der Waals surface area contributed by atoms with E-state index in [0.29, 0.717) is 0 Å². The molecule has 3 nitrogen and oxygen atoms in total. The van der Waals surface area contributed by atoms with Gasteiger partial charge < -0.3 is 14.2 Å². The Labute approximate surface area is 107 Å². The van der Waals surface area contributed by atoms with Crippen LogP contribution in [0.2, 0.25) is 5.02 Å². The number of halogens is 2. The Morgan fingerprint density at radius 3 is 2.46 bits per heavy atom. The summed E-state index contributed by atoms with van der Waals surface area (Å²) in [6, 6.07) is 4.22. The van der Waals surface area contributed by atoms with Gasteiger partial charge in [-0.1, -0.05) is 17.7 Å². The molecule has 1 aromatic rings. The zero-order chi connectivity index (χ0) is 9.14. The van der Waals surface area contributed by atoms with Crippen LogP contribution >= 0.6 is 23.5 Å². The Hall–Kier alpha value is 0.0700. The largest absolute Gasteiger partial charge is 1.00 e. The van der Waals surface area contributed by atoms with Crippen molar-refractivity contribution in [2.45, 2.75) is 0 Å². The summed E-state index contributed by atoms with van der Waals surface area (Å²) >= 11 is 10.6. The molecule has 0 aliphatic heterocycles. The van der Waals surface area contributed by atoms with Gasteiger partial charge in [0.1, 0.15) is 11.9 Å². The second-order valence-corrected chi connectivity index (χ2v) is 2.54. The summed E-state index contributed by atoms with van der Waals surface area (Å²) in [6.07, 6.45) is 0. The Balaban J connectivity index is 0.00000144. The smallest absolute Gasteiger partial charge is 0.545 e. The summed E-state index contributed by atoms with van der Waals surface area (Å²) < 4.78 is 4.26. The third-order valence-corrected chi connectivity index (χ3v) is 1.72. The molecule has 0 amide bonds. The van der Waals surface area contributed by atoms with E-state index in [1.165, 1.54) is 18.2 Å². The molecule has 0 fully saturated rings. The standard InChI is InChI=1S/C7H4Cl2O3.Na/c8-5-3-1-2-4(7(10)11)6(5)12-9;/h1-3H,(H,10,11);/q;+1/p-1. The molecule has 1 aromatic carbocycles. The number of carboxylic acid groups (broad SMARTS) is 1. The van der Waals surface area contributed by atoms with Crippen LogP contribution in [0.15, 0.2) is 18.2 Å². The first kappa shape index (κ1) is 13.1. The van der Waals surface area contributed by atoms with E-state index in [4.69, 9.17) is 23.5 Å². The molecule has 1 rings (SSSR count). The van der Waals surface area contributed by atoms with E-state index in [0.717, 1.165) is 0 Å². The van der Waals surface area contributed by atoms with Crippen LogP contribution in [-0.2, 0) is 0 Å². The molecule has 0 aromatic heterocycles. The molecule has 0 unspecified atom stereocenters. The van der Waals surface area contributed by atoms with E-state index < -0.39 is 5.97 Å². The zero-order valence-electron chi connectivity index (χ0n) is 6.71. The van der Waals surface area contributed by atoms with Crippen molar-refractivity contribution in [3.63, 3.8) is 0 Å². The first-order valence-corrected chi connectivity index (χ1v) is 3.64. The van der Waals surface area contributed by atoms with Crippen LogP contribution in [0.4, 0.5) is 0 Å². The quantitative estimate of drug-likeness (QED) is 0.564. The molecule has 0 heterocycles. The van der Waals surface area contributed by atoms with Gasteiger partial charge in [-0.2, -0.15) is 0 Å². The van der Waals surface area contributed by atoms with E-state index in [1.54, 1.807) is 0 Å². The first-order chi connectivity index (χ1) is 5.66. The number of carboxylic acids is 1. The predicted octanol–water partition coefficient (Wildman–Crippen LogP) is -1.76. The van der Waals surface area contributed by atoms with E-state index in [9.17, 15) is 9.90 Å². The second-order valence-electron chi connectivity index (χ2n) is 1.98. The average molecular weight is 229 g/mol. The normalized spacial score (nSPS) is 8.77. The summed E-state index contributed by atoms with van der Waals surface area (Å²) in [4.78, 5) is 10.4. The molecule has 64 valence electrons. The number of carbonyl (C=O) groups excluding carboxylic acids is 1. The maximum atomic E-state index is 10.4. The van der Waals surface area contributed by atoms with Crippen molar-refractivity contribution in [2.24, 2.45) is 0 Å². The first-order valence-electron chi connectivity index (χ1n) is 2.95. The van der Waals surface area contributed by atoms with E-state index in [1.807, 2.05) is 0 Å². The van der Waals surface area contributed by atoms with Gasteiger partial charge in [0.15, 0.2) is 5.75 Å². The Morgan fingerprint density at radius 1 is 1.46 bits per heavy atom. The monoisotopic (exact) mass is 228 g/mol. The molecule has 13 heavy (non-hydrogen) atoms. The number of benzene rings is 1. The number of hydrogen-bond donors (Lipinski definition) is 0. The topological polar surface area (TPSA) is 49.4 Å². The summed E-state index contributed by atoms with van der Waals surface area (Å²) in [6.45, 7) is 0. The van der Waals surface area contributed by atoms with Crippen LogP contribution in [0.25, 0.3) is 0 Å². The molecule has 0 aliphatic carbocycles. The van der Waals surface area contributed by atoms with Gasteiger partial charge in [-0.05, 0) is 12.1 Å². The molecule has 0 saturated carbocycles. The van der Waals surface area contributed by atoms with Crippen LogP contribution in [0.3, 0.4) is 0 Å². The zero-order valence-corrected chi connectivity index (χ0v) is 10.2. The number of carbonyl (C=O) groups is 1. The fraction of sp³-hybridized carbons (Fsp3) is 0. The van der Waals surface area contributed by atoms with Crippen LogP contribution in [0.1, 0.15) is 10.4 Å². The molecule has 0 radical (unpaired) electrons. The second kappa shape index (κ2) is 5.73. The molecule has 0 spiro atoms. The third-order valence-electron chi connectivity index (χ3n) is 1.26. The van der Waals surface area contributed by atoms with Gasteiger partial charge in [-0.25, -0.2) is 0 Å². The van der Waals surface area contributed by atoms with Gasteiger partial charge in [-0.3, -0.25) is 0 Å². The van der Waals surface area contributed by atoms with Crippen molar-refractivity contribution in [2.75, 3.05) is 0 Å². The minimum absolute atomic E-state index is 0. The van der Waals surface area contributed by atoms with Gasteiger partial charge in [0.2, 0.25) is 0 Å². The fourth-order valence-corrected chi connectivity index (χ4v) is 1.17. The molecule has 0 aliphatic rings. The SMILES string of the molecule is O=C([O-])c1cccc(Cl)c1OCl.[Na+]. The summed E-state index contributed by atoms with van der Waals surface area (Å²) in [5.41, 5.74) is -0.169. The number of aromatic carboxylic acids is 1. The van der Waals surface area contributed by atoms with Crippen LogP contribution in [0, 0.1) is 0 Å². The minimum atomic E-state index is -1.38. The van der Waals surface area contributed by atoms with E-state index in [2.05, 4.69) is 4.29 Å². The van der Waals surface area contributed by atoms with Gasteiger partial charge in [0, 0.05) is 5.56 Å². The van der Waals surface area contributed by atoms with Crippen molar-refractivity contribution < 1.29 is 43.7 Å². The maximum Gasteiger partial charge on any atom is 1.00 e. The summed E-state index contributed by atoms with van der Waals surface area (Å²) in [5, 5.41) is 10.6. The fourth-order valence-electron chi connectivity index (χ4n) is 0.748. The molecular formula is C7H3Cl2NaO3. The van der Waals surface area contributed by atoms with E-state index in [-0.39, 0.29) is 45.9 Å². The van der Waals surface area contributed by atoms with Crippen LogP contribution < -0.4 is 39.0 Å². The average Bonchev–Trinajstić information content (AvgIpc) is 2.03. The molecule has 0 bridgehead atoms. The summed E-state index contributed by atoms with van der Waals surface area (Å²) in [7, 11) is 0. The molecular weight excluding hydrogens is 226 g/mol. The summed E-state index contributed by atoms with van der Waals surface area (Å²) in [5.74, 6) is -1.48. The van der Waals surface area contributed by atoms with Gasteiger partial charge in [0.25, 0.3) is 0 Å². The minimum Gasteiger partial charge on any atom is -0.545 e. The third kappa shape index (κ3) is 3.04. The van der Waals surface area contributed by atoms with E-state index >= 15 is 0 Å². The van der Waals surface area contributed by atoms with Gasteiger partial charge >= 0.3 is 29.6 Å². The van der Waals surface area contributed by atoms with Crippen LogP contribution in [0.5, 0.6) is 5.75 Å². The molecule has 6 heteroatoms. The number of hydrogen-bond acceptors (Lipinski definition) is 3. The van der Waals surface area contributed by atoms with Gasteiger partial charge in [-0.15, -0.1) is 0 Å². The Kier molecular flexibility index (Phi) is 5.76.